The molecule has 3 aromatic rings. The smallest absolute Gasteiger partial charge is 0.274 e. The number of benzene rings is 2. The Balaban J connectivity index is 1.55. The number of aryl methyl sites for hydroxylation is 1. The number of nitrogens with two attached hydrogens (primary N) is 1. The van der Waals surface area contributed by atoms with Crippen molar-refractivity contribution in [2.45, 2.75) is 25.8 Å². The maximum Gasteiger partial charge on any atom is 0.274 e. The molecule has 2 N–H and O–H groups in total. The van der Waals surface area contributed by atoms with Crippen molar-refractivity contribution in [3.05, 3.63) is 65.5 Å². The summed E-state index contributed by atoms with van der Waals surface area (Å²) in [4.78, 5) is 14.8. The third-order valence-corrected chi connectivity index (χ3v) is 5.28. The fraction of sp³-hybridized carbons (Fsp3) is 0.333. The van der Waals surface area contributed by atoms with Crippen LogP contribution in [-0.4, -0.2) is 40.2 Å². The van der Waals surface area contributed by atoms with E-state index in [1.807, 2.05) is 22.6 Å². The third-order valence-electron chi connectivity index (χ3n) is 5.28. The van der Waals surface area contributed by atoms with Gasteiger partial charge in [0.05, 0.1) is 6.54 Å². The second-order valence-corrected chi connectivity index (χ2v) is 6.99. The maximum absolute atomic E-state index is 12.9. The minimum Gasteiger partial charge on any atom is -0.337 e. The summed E-state index contributed by atoms with van der Waals surface area (Å²) < 4.78 is 1.81. The predicted octanol–water partition coefficient (Wildman–Crippen LogP) is 2.93. The molecule has 2 aromatic carbocycles. The molecule has 1 saturated heterocycles. The van der Waals surface area contributed by atoms with Crippen molar-refractivity contribution in [1.29, 1.82) is 0 Å². The average Bonchev–Trinajstić information content (AvgIpc) is 3.29. The van der Waals surface area contributed by atoms with E-state index in [0.29, 0.717) is 24.7 Å². The SMILES string of the molecule is Cc1cc(C(=O)N2CCC(c3cccc4ccccc34)C2)nn1CCN. The first-order valence-electron chi connectivity index (χ1n) is 9.19. The van der Waals surface area contributed by atoms with Gasteiger partial charge < -0.3 is 10.6 Å². The van der Waals surface area contributed by atoms with E-state index >= 15 is 0 Å². The summed E-state index contributed by atoms with van der Waals surface area (Å²) in [5, 5.41) is 6.98. The summed E-state index contributed by atoms with van der Waals surface area (Å²) in [5.74, 6) is 0.392. The van der Waals surface area contributed by atoms with Crippen LogP contribution in [0.15, 0.2) is 48.5 Å². The van der Waals surface area contributed by atoms with Crippen LogP contribution in [-0.2, 0) is 6.54 Å². The molecule has 0 aliphatic carbocycles. The molecule has 0 radical (unpaired) electrons. The standard InChI is InChI=1S/C21H24N4O/c1-15-13-20(23-25(15)12-10-22)21(26)24-11-9-17(14-24)19-8-4-6-16-5-2-3-7-18(16)19/h2-8,13,17H,9-12,14,22H2,1H3. The van der Waals surface area contributed by atoms with Crippen molar-refractivity contribution in [3.8, 4) is 0 Å². The fourth-order valence-electron chi connectivity index (χ4n) is 3.93. The number of nitrogens with zero attached hydrogens (tertiary/aromatic N) is 3. The van der Waals surface area contributed by atoms with Crippen molar-refractivity contribution in [2.75, 3.05) is 19.6 Å². The molecule has 134 valence electrons. The van der Waals surface area contributed by atoms with Gasteiger partial charge in [-0.1, -0.05) is 42.5 Å². The fourth-order valence-corrected chi connectivity index (χ4v) is 3.93. The highest BCUT2D eigenvalue weighted by Crippen LogP contribution is 2.32. The Kier molecular flexibility index (Phi) is 4.47. The zero-order valence-corrected chi connectivity index (χ0v) is 15.1. The molecule has 1 fully saturated rings. The summed E-state index contributed by atoms with van der Waals surface area (Å²) in [7, 11) is 0. The van der Waals surface area contributed by atoms with E-state index in [1.165, 1.54) is 16.3 Å². The van der Waals surface area contributed by atoms with Crippen LogP contribution in [0.2, 0.25) is 0 Å². The second-order valence-electron chi connectivity index (χ2n) is 6.99. The molecule has 1 aliphatic rings. The normalized spacial score (nSPS) is 17.2. The number of likely N-dealkylation sites (tertiary alicyclic amines) is 1. The highest BCUT2D eigenvalue weighted by atomic mass is 16.2. The van der Waals surface area contributed by atoms with Crippen molar-refractivity contribution >= 4 is 16.7 Å². The van der Waals surface area contributed by atoms with Crippen molar-refractivity contribution in [3.63, 3.8) is 0 Å². The Morgan fingerprint density at radius 2 is 2.04 bits per heavy atom. The summed E-state index contributed by atoms with van der Waals surface area (Å²) >= 11 is 0. The molecular formula is C21H24N4O. The van der Waals surface area contributed by atoms with E-state index < -0.39 is 0 Å². The van der Waals surface area contributed by atoms with Crippen molar-refractivity contribution in [2.24, 2.45) is 5.73 Å². The summed E-state index contributed by atoms with van der Waals surface area (Å²) in [5.41, 5.74) is 8.44. The van der Waals surface area contributed by atoms with E-state index in [1.54, 1.807) is 0 Å². The molecule has 5 nitrogen and oxygen atoms in total. The van der Waals surface area contributed by atoms with Gasteiger partial charge in [0.2, 0.25) is 0 Å². The van der Waals surface area contributed by atoms with Gasteiger partial charge in [0.25, 0.3) is 5.91 Å². The molecule has 0 saturated carbocycles. The molecule has 26 heavy (non-hydrogen) atoms. The lowest BCUT2D eigenvalue weighted by atomic mass is 9.93. The lowest BCUT2D eigenvalue weighted by molar-refractivity contribution is 0.0784. The Bertz CT molecular complexity index is 941. The first-order valence-corrected chi connectivity index (χ1v) is 9.19. The Morgan fingerprint density at radius 3 is 2.88 bits per heavy atom. The van der Waals surface area contributed by atoms with Crippen LogP contribution in [0.1, 0.15) is 34.1 Å². The van der Waals surface area contributed by atoms with E-state index in [4.69, 9.17) is 5.73 Å². The van der Waals surface area contributed by atoms with E-state index in [-0.39, 0.29) is 5.91 Å². The molecular weight excluding hydrogens is 324 g/mol. The zero-order valence-electron chi connectivity index (χ0n) is 15.1. The lowest BCUT2D eigenvalue weighted by Gasteiger charge is -2.16. The van der Waals surface area contributed by atoms with Crippen molar-refractivity contribution in [1.82, 2.24) is 14.7 Å². The first-order chi connectivity index (χ1) is 12.7. The van der Waals surface area contributed by atoms with Crippen LogP contribution in [0, 0.1) is 6.92 Å². The van der Waals surface area contributed by atoms with Crippen molar-refractivity contribution < 1.29 is 4.79 Å². The molecule has 1 atom stereocenters. The van der Waals surface area contributed by atoms with Crippen LogP contribution < -0.4 is 5.73 Å². The van der Waals surface area contributed by atoms with Gasteiger partial charge in [-0.2, -0.15) is 5.10 Å². The van der Waals surface area contributed by atoms with Gasteiger partial charge in [-0.3, -0.25) is 9.48 Å². The van der Waals surface area contributed by atoms with Gasteiger partial charge in [-0.05, 0) is 35.7 Å². The summed E-state index contributed by atoms with van der Waals surface area (Å²) in [6.45, 7) is 4.63. The number of carbonyl (C=O) groups excluding carboxylic acids is 1. The predicted molar refractivity (Wildman–Crippen MR) is 103 cm³/mol. The number of hydrogen-bond donors (Lipinski definition) is 1. The van der Waals surface area contributed by atoms with Crippen LogP contribution in [0.5, 0.6) is 0 Å². The molecule has 1 unspecified atom stereocenters. The number of aromatic nitrogens is 2. The highest BCUT2D eigenvalue weighted by molar-refractivity contribution is 5.93. The van der Waals surface area contributed by atoms with Crippen LogP contribution in [0.3, 0.4) is 0 Å². The largest absolute Gasteiger partial charge is 0.337 e. The molecule has 4 rings (SSSR count). The number of fused-ring (bicyclic) bond motifs is 1. The number of carbonyl (C=O) groups is 1. The molecule has 1 amide bonds. The van der Waals surface area contributed by atoms with E-state index in [2.05, 4.69) is 47.6 Å². The lowest BCUT2D eigenvalue weighted by Crippen LogP contribution is -2.29. The van der Waals surface area contributed by atoms with Gasteiger partial charge in [0.1, 0.15) is 0 Å². The Morgan fingerprint density at radius 1 is 1.23 bits per heavy atom. The van der Waals surface area contributed by atoms with Crippen LogP contribution >= 0.6 is 0 Å². The topological polar surface area (TPSA) is 64.2 Å². The quantitative estimate of drug-likeness (QED) is 0.788. The average molecular weight is 348 g/mol. The van der Waals surface area contributed by atoms with Gasteiger partial charge >= 0.3 is 0 Å². The zero-order chi connectivity index (χ0) is 18.1. The Labute approximate surface area is 153 Å². The molecule has 1 aliphatic heterocycles. The minimum atomic E-state index is 0.0200. The highest BCUT2D eigenvalue weighted by Gasteiger charge is 2.30. The van der Waals surface area contributed by atoms with E-state index in [9.17, 15) is 4.79 Å². The number of amides is 1. The maximum atomic E-state index is 12.9. The van der Waals surface area contributed by atoms with Crippen LogP contribution in [0.4, 0.5) is 0 Å². The Hall–Kier alpha value is -2.66. The summed E-state index contributed by atoms with van der Waals surface area (Å²) in [6, 6.07) is 16.8. The number of rotatable bonds is 4. The second kappa shape index (κ2) is 6.92. The molecule has 1 aromatic heterocycles. The molecule has 0 spiro atoms. The molecule has 5 heteroatoms. The van der Waals surface area contributed by atoms with Gasteiger partial charge in [0.15, 0.2) is 5.69 Å². The summed E-state index contributed by atoms with van der Waals surface area (Å²) in [6.07, 6.45) is 0.988. The van der Waals surface area contributed by atoms with Gasteiger partial charge in [0, 0.05) is 31.2 Å². The monoisotopic (exact) mass is 348 g/mol. The molecule has 0 bridgehead atoms. The minimum absolute atomic E-state index is 0.0200. The third kappa shape index (κ3) is 2.99. The first kappa shape index (κ1) is 16.8. The molecule has 2 heterocycles. The van der Waals surface area contributed by atoms with E-state index in [0.717, 1.165) is 25.2 Å². The van der Waals surface area contributed by atoms with Gasteiger partial charge in [-0.25, -0.2) is 0 Å². The number of hydrogen-bond acceptors (Lipinski definition) is 3. The van der Waals surface area contributed by atoms with Gasteiger partial charge in [-0.15, -0.1) is 0 Å². The van der Waals surface area contributed by atoms with Crippen LogP contribution in [0.25, 0.3) is 10.8 Å².